The minimum Gasteiger partial charge on any atom is -0.493 e. The summed E-state index contributed by atoms with van der Waals surface area (Å²) in [6.45, 7) is 4.21. The summed E-state index contributed by atoms with van der Waals surface area (Å²) in [6, 6.07) is 7.61. The van der Waals surface area contributed by atoms with Crippen LogP contribution in [0.1, 0.15) is 25.3 Å². The van der Waals surface area contributed by atoms with Crippen LogP contribution in [0.4, 0.5) is 0 Å². The van der Waals surface area contributed by atoms with Gasteiger partial charge in [-0.2, -0.15) is 0 Å². The maximum atomic E-state index is 11.4. The quantitative estimate of drug-likeness (QED) is 0.723. The Morgan fingerprint density at radius 1 is 1.12 bits per heavy atom. The van der Waals surface area contributed by atoms with Gasteiger partial charge in [-0.1, -0.05) is 38.1 Å². The molecule has 16 heavy (non-hydrogen) atoms. The molecule has 0 amide bonds. The lowest BCUT2D eigenvalue weighted by Gasteiger charge is -2.05. The number of benzene rings is 1. The van der Waals surface area contributed by atoms with Crippen LogP contribution in [0.2, 0.25) is 0 Å². The fourth-order valence-corrected chi connectivity index (χ4v) is 1.65. The molecule has 0 unspecified atom stereocenters. The van der Waals surface area contributed by atoms with Gasteiger partial charge in [0.05, 0.1) is 0 Å². The summed E-state index contributed by atoms with van der Waals surface area (Å²) in [5.74, 6) is 0.328. The van der Waals surface area contributed by atoms with Crippen LogP contribution >= 0.6 is 0 Å². The average Bonchev–Trinajstić information content (AvgIpc) is 2.59. The molecule has 0 atom stereocenters. The molecular weight excluding hydrogens is 204 g/mol. The number of aromatic amines is 2. The first kappa shape index (κ1) is 10.5. The first-order valence-electron chi connectivity index (χ1n) is 5.19. The maximum Gasteiger partial charge on any atom is 0.275 e. The molecule has 1 heterocycles. The van der Waals surface area contributed by atoms with Gasteiger partial charge in [0, 0.05) is 0 Å². The number of aromatic hydroxyl groups is 1. The molecule has 0 bridgehead atoms. The average molecular weight is 218 g/mol. The van der Waals surface area contributed by atoms with Crippen LogP contribution in [0.15, 0.2) is 29.1 Å². The van der Waals surface area contributed by atoms with E-state index in [1.165, 1.54) is 5.56 Å². The van der Waals surface area contributed by atoms with Crippen LogP contribution in [0, 0.1) is 0 Å². The summed E-state index contributed by atoms with van der Waals surface area (Å²) >= 11 is 0. The summed E-state index contributed by atoms with van der Waals surface area (Å²) in [4.78, 5) is 11.4. The smallest absolute Gasteiger partial charge is 0.275 e. The molecule has 84 valence electrons. The van der Waals surface area contributed by atoms with Crippen LogP contribution in [0.5, 0.6) is 5.88 Å². The highest BCUT2D eigenvalue weighted by molar-refractivity contribution is 5.67. The molecule has 1 aromatic heterocycles. The van der Waals surface area contributed by atoms with Crippen LogP contribution in [-0.2, 0) is 0 Å². The predicted molar refractivity (Wildman–Crippen MR) is 62.6 cm³/mol. The monoisotopic (exact) mass is 218 g/mol. The third kappa shape index (κ3) is 1.74. The first-order chi connectivity index (χ1) is 7.59. The highest BCUT2D eigenvalue weighted by Crippen LogP contribution is 2.24. The van der Waals surface area contributed by atoms with Gasteiger partial charge in [0.2, 0.25) is 5.88 Å². The number of H-pyrrole nitrogens is 2. The maximum absolute atomic E-state index is 11.4. The van der Waals surface area contributed by atoms with E-state index in [-0.39, 0.29) is 17.0 Å². The standard InChI is InChI=1S/C12H14N2O2/c1-7(2)8-3-5-9(6-4-8)10-11(15)13-14-12(10)16/h3-7H,1-2H3,(H3,13,14,15,16). The van der Waals surface area contributed by atoms with Crippen molar-refractivity contribution in [3.05, 3.63) is 40.2 Å². The molecule has 0 fully saturated rings. The molecule has 2 aromatic rings. The molecule has 4 heteroatoms. The Hall–Kier alpha value is -1.97. The number of hydrogen-bond acceptors (Lipinski definition) is 2. The summed E-state index contributed by atoms with van der Waals surface area (Å²) in [7, 11) is 0. The number of hydrogen-bond donors (Lipinski definition) is 3. The van der Waals surface area contributed by atoms with E-state index in [1.807, 2.05) is 24.3 Å². The van der Waals surface area contributed by atoms with Gasteiger partial charge >= 0.3 is 0 Å². The van der Waals surface area contributed by atoms with Crippen molar-refractivity contribution in [1.29, 1.82) is 0 Å². The van der Waals surface area contributed by atoms with Crippen LogP contribution in [0.3, 0.4) is 0 Å². The van der Waals surface area contributed by atoms with Crippen LogP contribution in [-0.4, -0.2) is 15.3 Å². The Kier molecular flexibility index (Phi) is 2.56. The molecule has 0 aliphatic heterocycles. The van der Waals surface area contributed by atoms with Crippen molar-refractivity contribution in [2.24, 2.45) is 0 Å². The third-order valence-corrected chi connectivity index (χ3v) is 2.62. The first-order valence-corrected chi connectivity index (χ1v) is 5.19. The van der Waals surface area contributed by atoms with E-state index in [9.17, 15) is 9.90 Å². The Morgan fingerprint density at radius 3 is 2.19 bits per heavy atom. The number of aromatic nitrogens is 2. The zero-order valence-corrected chi connectivity index (χ0v) is 9.24. The lowest BCUT2D eigenvalue weighted by molar-refractivity contribution is 0.454. The van der Waals surface area contributed by atoms with Gasteiger partial charge in [-0.15, -0.1) is 0 Å². The molecule has 3 N–H and O–H groups in total. The van der Waals surface area contributed by atoms with E-state index in [4.69, 9.17) is 0 Å². The van der Waals surface area contributed by atoms with Gasteiger partial charge < -0.3 is 5.11 Å². The van der Waals surface area contributed by atoms with Gasteiger partial charge in [0.25, 0.3) is 5.56 Å². The van der Waals surface area contributed by atoms with E-state index >= 15 is 0 Å². The fraction of sp³-hybridized carbons (Fsp3) is 0.250. The van der Waals surface area contributed by atoms with Crippen LogP contribution < -0.4 is 5.56 Å². The summed E-state index contributed by atoms with van der Waals surface area (Å²) in [6.07, 6.45) is 0. The second-order valence-electron chi connectivity index (χ2n) is 4.08. The SMILES string of the molecule is CC(C)c1ccc(-c2c(O)[nH][nH]c2=O)cc1. The van der Waals surface area contributed by atoms with E-state index in [1.54, 1.807) is 0 Å². The zero-order valence-electron chi connectivity index (χ0n) is 9.24. The molecule has 0 spiro atoms. The lowest BCUT2D eigenvalue weighted by Crippen LogP contribution is -2.01. The number of nitrogens with one attached hydrogen (secondary N) is 2. The third-order valence-electron chi connectivity index (χ3n) is 2.62. The second kappa shape index (κ2) is 3.89. The van der Waals surface area contributed by atoms with Crippen molar-refractivity contribution in [1.82, 2.24) is 10.2 Å². The van der Waals surface area contributed by atoms with Gasteiger partial charge in [-0.05, 0) is 17.0 Å². The zero-order chi connectivity index (χ0) is 11.7. The van der Waals surface area contributed by atoms with Gasteiger partial charge in [-0.3, -0.25) is 15.0 Å². The molecule has 2 rings (SSSR count). The predicted octanol–water partition coefficient (Wildman–Crippen LogP) is 2.20. The minimum atomic E-state index is -0.310. The molecule has 4 nitrogen and oxygen atoms in total. The van der Waals surface area contributed by atoms with Crippen molar-refractivity contribution in [3.63, 3.8) is 0 Å². The van der Waals surface area contributed by atoms with Crippen LogP contribution in [0.25, 0.3) is 11.1 Å². The molecule has 0 saturated heterocycles. The Morgan fingerprint density at radius 2 is 1.75 bits per heavy atom. The van der Waals surface area contributed by atoms with Crippen molar-refractivity contribution in [3.8, 4) is 17.0 Å². The van der Waals surface area contributed by atoms with E-state index in [2.05, 4.69) is 24.0 Å². The van der Waals surface area contributed by atoms with E-state index in [0.717, 1.165) is 0 Å². The van der Waals surface area contributed by atoms with Crippen molar-refractivity contribution in [2.45, 2.75) is 19.8 Å². The van der Waals surface area contributed by atoms with Crippen molar-refractivity contribution >= 4 is 0 Å². The van der Waals surface area contributed by atoms with E-state index < -0.39 is 0 Å². The topological polar surface area (TPSA) is 68.9 Å². The molecule has 0 aliphatic rings. The fourth-order valence-electron chi connectivity index (χ4n) is 1.65. The molecule has 0 saturated carbocycles. The second-order valence-corrected chi connectivity index (χ2v) is 4.08. The molecule has 1 aromatic carbocycles. The van der Waals surface area contributed by atoms with Gasteiger partial charge in [0.1, 0.15) is 5.56 Å². The molecular formula is C12H14N2O2. The van der Waals surface area contributed by atoms with Gasteiger partial charge in [-0.25, -0.2) is 0 Å². The number of rotatable bonds is 2. The minimum absolute atomic E-state index is 0.123. The lowest BCUT2D eigenvalue weighted by atomic mass is 10.00. The highest BCUT2D eigenvalue weighted by atomic mass is 16.3. The molecule has 0 aliphatic carbocycles. The normalized spacial score (nSPS) is 10.9. The van der Waals surface area contributed by atoms with Gasteiger partial charge in [0.15, 0.2) is 0 Å². The summed E-state index contributed by atoms with van der Waals surface area (Å²) < 4.78 is 0. The summed E-state index contributed by atoms with van der Waals surface area (Å²) in [5.41, 5.74) is 1.89. The van der Waals surface area contributed by atoms with Crippen molar-refractivity contribution < 1.29 is 5.11 Å². The molecule has 0 radical (unpaired) electrons. The highest BCUT2D eigenvalue weighted by Gasteiger charge is 2.11. The summed E-state index contributed by atoms with van der Waals surface area (Å²) in [5, 5.41) is 14.2. The van der Waals surface area contributed by atoms with E-state index in [0.29, 0.717) is 11.5 Å². The Bertz CT molecular complexity index is 535. The largest absolute Gasteiger partial charge is 0.493 e. The van der Waals surface area contributed by atoms with Crippen molar-refractivity contribution in [2.75, 3.05) is 0 Å². The Balaban J connectivity index is 2.46. The Labute approximate surface area is 92.9 Å².